The summed E-state index contributed by atoms with van der Waals surface area (Å²) in [6, 6.07) is 11.5. The molecule has 7 nitrogen and oxygen atoms in total. The summed E-state index contributed by atoms with van der Waals surface area (Å²) < 4.78 is 5.04. The Kier molecular flexibility index (Phi) is 6.36. The van der Waals surface area contributed by atoms with E-state index in [9.17, 15) is 14.7 Å². The van der Waals surface area contributed by atoms with Crippen LogP contribution in [0.5, 0.6) is 11.5 Å². The van der Waals surface area contributed by atoms with E-state index in [-0.39, 0.29) is 17.3 Å². The van der Waals surface area contributed by atoms with Gasteiger partial charge in [-0.1, -0.05) is 23.7 Å². The van der Waals surface area contributed by atoms with Gasteiger partial charge >= 0.3 is 11.8 Å². The predicted octanol–water partition coefficient (Wildman–Crippen LogP) is 1.82. The monoisotopic (exact) mass is 361 g/mol. The van der Waals surface area contributed by atoms with Gasteiger partial charge in [0.15, 0.2) is 0 Å². The van der Waals surface area contributed by atoms with Crippen LogP contribution < -0.4 is 15.5 Å². The minimum Gasteiger partial charge on any atom is -0.506 e. The third-order valence-corrected chi connectivity index (χ3v) is 3.47. The van der Waals surface area contributed by atoms with Gasteiger partial charge in [-0.2, -0.15) is 5.10 Å². The molecule has 0 radical (unpaired) electrons. The average molecular weight is 362 g/mol. The van der Waals surface area contributed by atoms with E-state index in [1.165, 1.54) is 18.3 Å². The van der Waals surface area contributed by atoms with Crippen molar-refractivity contribution in [3.8, 4) is 11.5 Å². The standard InChI is InChI=1S/C17H16ClN3O4/c1-25-13-5-2-11(3-6-13)9-19-16(23)17(24)21-20-10-12-4-7-15(22)14(18)8-12/h2-8,10,22H,9H2,1H3,(H,19,23)(H,21,24)/b20-10-. The van der Waals surface area contributed by atoms with Crippen LogP contribution in [0.2, 0.25) is 5.02 Å². The Hall–Kier alpha value is -3.06. The fourth-order valence-electron chi connectivity index (χ4n) is 1.83. The lowest BCUT2D eigenvalue weighted by Gasteiger charge is -2.05. The molecule has 3 N–H and O–H groups in total. The van der Waals surface area contributed by atoms with Crippen molar-refractivity contribution in [2.75, 3.05) is 7.11 Å². The van der Waals surface area contributed by atoms with Crippen LogP contribution in [-0.2, 0) is 16.1 Å². The molecule has 2 aromatic rings. The number of hydrazone groups is 1. The van der Waals surface area contributed by atoms with Crippen LogP contribution in [0.25, 0.3) is 0 Å². The molecular weight excluding hydrogens is 346 g/mol. The van der Waals surface area contributed by atoms with E-state index in [2.05, 4.69) is 15.8 Å². The number of hydrogen-bond acceptors (Lipinski definition) is 5. The van der Waals surface area contributed by atoms with Gasteiger partial charge in [0.1, 0.15) is 11.5 Å². The number of nitrogens with zero attached hydrogens (tertiary/aromatic N) is 1. The number of halogens is 1. The Morgan fingerprint density at radius 1 is 1.20 bits per heavy atom. The second-order valence-electron chi connectivity index (χ2n) is 4.94. The minimum absolute atomic E-state index is 0.0549. The smallest absolute Gasteiger partial charge is 0.329 e. The number of amides is 2. The average Bonchev–Trinajstić information content (AvgIpc) is 2.63. The van der Waals surface area contributed by atoms with E-state index in [0.29, 0.717) is 11.3 Å². The first-order valence-corrected chi connectivity index (χ1v) is 7.60. The minimum atomic E-state index is -0.894. The van der Waals surface area contributed by atoms with E-state index in [4.69, 9.17) is 16.3 Å². The van der Waals surface area contributed by atoms with Crippen molar-refractivity contribution in [2.24, 2.45) is 5.10 Å². The number of phenolic OH excluding ortho intramolecular Hbond substituents is 1. The van der Waals surface area contributed by atoms with Gasteiger partial charge in [0.2, 0.25) is 0 Å². The fourth-order valence-corrected chi connectivity index (χ4v) is 2.01. The van der Waals surface area contributed by atoms with Gasteiger partial charge in [0, 0.05) is 6.54 Å². The number of nitrogens with one attached hydrogen (secondary N) is 2. The quantitative estimate of drug-likeness (QED) is 0.429. The largest absolute Gasteiger partial charge is 0.506 e. The van der Waals surface area contributed by atoms with Gasteiger partial charge in [0.05, 0.1) is 18.3 Å². The first kappa shape index (κ1) is 18.3. The Balaban J connectivity index is 1.82. The zero-order valence-corrected chi connectivity index (χ0v) is 14.1. The topological polar surface area (TPSA) is 100 Å². The summed E-state index contributed by atoms with van der Waals surface area (Å²) >= 11 is 5.75. The molecule has 2 rings (SSSR count). The SMILES string of the molecule is COc1ccc(CNC(=O)C(=O)N/N=C\c2ccc(O)c(Cl)c2)cc1. The van der Waals surface area contributed by atoms with E-state index < -0.39 is 11.8 Å². The van der Waals surface area contributed by atoms with Crippen LogP contribution in [0, 0.1) is 0 Å². The molecule has 0 saturated carbocycles. The van der Waals surface area contributed by atoms with Crippen LogP contribution >= 0.6 is 11.6 Å². The van der Waals surface area contributed by atoms with Gasteiger partial charge in [-0.15, -0.1) is 0 Å². The van der Waals surface area contributed by atoms with Crippen LogP contribution in [0.1, 0.15) is 11.1 Å². The number of phenols is 1. The number of ether oxygens (including phenoxy) is 1. The van der Waals surface area contributed by atoms with Crippen molar-refractivity contribution in [3.63, 3.8) is 0 Å². The maximum Gasteiger partial charge on any atom is 0.329 e. The van der Waals surface area contributed by atoms with Crippen molar-refractivity contribution in [3.05, 3.63) is 58.6 Å². The van der Waals surface area contributed by atoms with Crippen molar-refractivity contribution in [2.45, 2.75) is 6.54 Å². The molecule has 0 spiro atoms. The second-order valence-corrected chi connectivity index (χ2v) is 5.35. The number of carbonyl (C=O) groups excluding carboxylic acids is 2. The number of methoxy groups -OCH3 is 1. The summed E-state index contributed by atoms with van der Waals surface area (Å²) in [4.78, 5) is 23.4. The lowest BCUT2D eigenvalue weighted by atomic mass is 10.2. The van der Waals surface area contributed by atoms with Crippen LogP contribution in [0.4, 0.5) is 0 Å². The zero-order chi connectivity index (χ0) is 18.2. The third kappa shape index (κ3) is 5.50. The molecule has 0 bridgehead atoms. The molecule has 0 aromatic heterocycles. The first-order chi connectivity index (χ1) is 12.0. The molecule has 0 aliphatic carbocycles. The molecule has 0 unspecified atom stereocenters. The van der Waals surface area contributed by atoms with Gasteiger partial charge in [-0.3, -0.25) is 9.59 Å². The summed E-state index contributed by atoms with van der Waals surface area (Å²) in [5.41, 5.74) is 3.49. The third-order valence-electron chi connectivity index (χ3n) is 3.17. The molecule has 8 heteroatoms. The Morgan fingerprint density at radius 2 is 1.92 bits per heavy atom. The number of benzene rings is 2. The summed E-state index contributed by atoms with van der Waals surface area (Å²) in [5, 5.41) is 15.6. The van der Waals surface area contributed by atoms with Gasteiger partial charge in [-0.05, 0) is 41.5 Å². The van der Waals surface area contributed by atoms with Crippen LogP contribution in [0.3, 0.4) is 0 Å². The Morgan fingerprint density at radius 3 is 2.56 bits per heavy atom. The summed E-state index contributed by atoms with van der Waals surface area (Å²) in [6.07, 6.45) is 1.31. The Bertz CT molecular complexity index is 791. The van der Waals surface area contributed by atoms with Gasteiger partial charge in [0.25, 0.3) is 0 Å². The molecule has 0 heterocycles. The molecular formula is C17H16ClN3O4. The van der Waals surface area contributed by atoms with E-state index in [0.717, 1.165) is 5.56 Å². The highest BCUT2D eigenvalue weighted by Crippen LogP contribution is 2.22. The molecule has 2 aromatic carbocycles. The van der Waals surface area contributed by atoms with Crippen molar-refractivity contribution < 1.29 is 19.4 Å². The molecule has 0 fully saturated rings. The molecule has 0 aliphatic rings. The lowest BCUT2D eigenvalue weighted by molar-refractivity contribution is -0.139. The van der Waals surface area contributed by atoms with Crippen molar-refractivity contribution in [1.29, 1.82) is 0 Å². The number of aromatic hydroxyl groups is 1. The number of hydrogen-bond donors (Lipinski definition) is 3. The van der Waals surface area contributed by atoms with Crippen molar-refractivity contribution >= 4 is 29.6 Å². The maximum absolute atomic E-state index is 11.7. The molecule has 0 aliphatic heterocycles. The van der Waals surface area contributed by atoms with Gasteiger partial charge < -0.3 is 15.2 Å². The maximum atomic E-state index is 11.7. The molecule has 25 heavy (non-hydrogen) atoms. The first-order valence-electron chi connectivity index (χ1n) is 7.22. The zero-order valence-electron chi connectivity index (χ0n) is 13.3. The highest BCUT2D eigenvalue weighted by atomic mass is 35.5. The molecule has 0 saturated heterocycles. The van der Waals surface area contributed by atoms with Crippen LogP contribution in [0.15, 0.2) is 47.6 Å². The fraction of sp³-hybridized carbons (Fsp3) is 0.118. The number of carbonyl (C=O) groups is 2. The lowest BCUT2D eigenvalue weighted by Crippen LogP contribution is -2.37. The number of rotatable bonds is 5. The van der Waals surface area contributed by atoms with Crippen LogP contribution in [-0.4, -0.2) is 30.2 Å². The summed E-state index contributed by atoms with van der Waals surface area (Å²) in [7, 11) is 1.56. The van der Waals surface area contributed by atoms with Gasteiger partial charge in [-0.25, -0.2) is 5.43 Å². The Labute approximate surface area is 149 Å². The predicted molar refractivity (Wildman–Crippen MR) is 93.7 cm³/mol. The van der Waals surface area contributed by atoms with E-state index in [1.807, 2.05) is 0 Å². The second kappa shape index (κ2) is 8.70. The highest BCUT2D eigenvalue weighted by Gasteiger charge is 2.11. The molecule has 130 valence electrons. The normalized spacial score (nSPS) is 10.5. The molecule has 0 atom stereocenters. The van der Waals surface area contributed by atoms with E-state index in [1.54, 1.807) is 37.4 Å². The highest BCUT2D eigenvalue weighted by molar-refractivity contribution is 6.35. The summed E-state index contributed by atoms with van der Waals surface area (Å²) in [6.45, 7) is 0.202. The van der Waals surface area contributed by atoms with Crippen molar-refractivity contribution in [1.82, 2.24) is 10.7 Å². The summed E-state index contributed by atoms with van der Waals surface area (Å²) in [5.74, 6) is -1.05. The van der Waals surface area contributed by atoms with E-state index >= 15 is 0 Å². The molecule has 2 amide bonds.